The van der Waals surface area contributed by atoms with Crippen LogP contribution in [0.2, 0.25) is 5.02 Å². The summed E-state index contributed by atoms with van der Waals surface area (Å²) in [5, 5.41) is 3.35. The number of rotatable bonds is 14. The fraction of sp³-hybridized carbons (Fsp3) is 0.297. The molecule has 0 aliphatic rings. The lowest BCUT2D eigenvalue weighted by molar-refractivity contribution is -0.140. The molecule has 0 saturated heterocycles. The van der Waals surface area contributed by atoms with Gasteiger partial charge in [0.2, 0.25) is 11.8 Å². The summed E-state index contributed by atoms with van der Waals surface area (Å²) in [5.74, 6) is -0.799. The molecule has 242 valence electrons. The van der Waals surface area contributed by atoms with E-state index >= 15 is 0 Å². The number of anilines is 1. The molecule has 0 unspecified atom stereocenters. The summed E-state index contributed by atoms with van der Waals surface area (Å²) in [6, 6.07) is 27.9. The lowest BCUT2D eigenvalue weighted by Crippen LogP contribution is -2.53. The number of carbonyl (C=O) groups excluding carboxylic acids is 2. The van der Waals surface area contributed by atoms with Crippen molar-refractivity contribution in [3.05, 3.63) is 130 Å². The zero-order valence-electron chi connectivity index (χ0n) is 26.9. The molecule has 1 N–H and O–H groups in total. The maximum Gasteiger partial charge on any atom is 0.264 e. The molecule has 7 nitrogen and oxygen atoms in total. The fourth-order valence-corrected chi connectivity index (χ4v) is 6.79. The largest absolute Gasteiger partial charge is 0.354 e. The van der Waals surface area contributed by atoms with E-state index in [-0.39, 0.29) is 23.8 Å². The van der Waals surface area contributed by atoms with Crippen molar-refractivity contribution in [1.29, 1.82) is 0 Å². The van der Waals surface area contributed by atoms with Crippen LogP contribution in [0.3, 0.4) is 0 Å². The summed E-state index contributed by atoms with van der Waals surface area (Å²) in [6.07, 6.45) is 1.96. The number of unbranched alkanes of at least 4 members (excludes halogenated alkanes) is 1. The number of carbonyl (C=O) groups is 2. The van der Waals surface area contributed by atoms with Crippen LogP contribution in [0.15, 0.2) is 102 Å². The molecule has 2 amide bonds. The van der Waals surface area contributed by atoms with Crippen LogP contribution in [0.1, 0.15) is 47.6 Å². The van der Waals surface area contributed by atoms with E-state index in [0.717, 1.165) is 39.4 Å². The Kier molecular flexibility index (Phi) is 12.0. The molecule has 4 rings (SSSR count). The maximum atomic E-state index is 14.6. The third-order valence-corrected chi connectivity index (χ3v) is 9.91. The van der Waals surface area contributed by atoms with Gasteiger partial charge in [0.25, 0.3) is 10.0 Å². The minimum Gasteiger partial charge on any atom is -0.354 e. The second-order valence-corrected chi connectivity index (χ2v) is 13.9. The average Bonchev–Trinajstić information content (AvgIpc) is 3.04. The number of amides is 2. The number of sulfonamides is 1. The normalized spacial score (nSPS) is 11.9. The lowest BCUT2D eigenvalue weighted by atomic mass is 10.0. The summed E-state index contributed by atoms with van der Waals surface area (Å²) >= 11 is 6.37. The molecule has 9 heteroatoms. The van der Waals surface area contributed by atoms with Crippen LogP contribution < -0.4 is 9.62 Å². The van der Waals surface area contributed by atoms with E-state index in [1.54, 1.807) is 37.3 Å². The second-order valence-electron chi connectivity index (χ2n) is 11.6. The summed E-state index contributed by atoms with van der Waals surface area (Å²) in [7, 11) is -4.21. The molecular formula is C37H42ClN3O4S. The highest BCUT2D eigenvalue weighted by atomic mass is 35.5. The summed E-state index contributed by atoms with van der Waals surface area (Å²) < 4.78 is 29.6. The van der Waals surface area contributed by atoms with E-state index in [1.807, 2.05) is 75.4 Å². The Bertz CT molecular complexity index is 1730. The Morgan fingerprint density at radius 3 is 2.09 bits per heavy atom. The van der Waals surface area contributed by atoms with Gasteiger partial charge in [-0.2, -0.15) is 0 Å². The minimum atomic E-state index is -4.21. The number of aryl methyl sites for hydroxylation is 3. The van der Waals surface area contributed by atoms with Crippen molar-refractivity contribution in [2.24, 2.45) is 0 Å². The second kappa shape index (κ2) is 15.9. The third-order valence-electron chi connectivity index (χ3n) is 7.90. The van der Waals surface area contributed by atoms with Gasteiger partial charge < -0.3 is 10.2 Å². The highest BCUT2D eigenvalue weighted by Crippen LogP contribution is 2.30. The molecule has 0 aliphatic carbocycles. The first kappa shape index (κ1) is 34.7. The minimum absolute atomic E-state index is 0.0495. The van der Waals surface area contributed by atoms with Crippen LogP contribution in [0.4, 0.5) is 5.69 Å². The van der Waals surface area contributed by atoms with E-state index in [9.17, 15) is 18.0 Å². The van der Waals surface area contributed by atoms with Crippen molar-refractivity contribution in [3.63, 3.8) is 0 Å². The quantitative estimate of drug-likeness (QED) is 0.148. The van der Waals surface area contributed by atoms with Crippen molar-refractivity contribution in [2.45, 2.75) is 64.4 Å². The first-order valence-corrected chi connectivity index (χ1v) is 17.3. The summed E-state index contributed by atoms with van der Waals surface area (Å²) in [4.78, 5) is 30.0. The van der Waals surface area contributed by atoms with Crippen LogP contribution >= 0.6 is 11.6 Å². The van der Waals surface area contributed by atoms with Gasteiger partial charge in [0.1, 0.15) is 12.6 Å². The number of hydrogen-bond donors (Lipinski definition) is 1. The summed E-state index contributed by atoms with van der Waals surface area (Å²) in [5.41, 5.74) is 4.61. The predicted octanol–water partition coefficient (Wildman–Crippen LogP) is 7.02. The molecule has 0 saturated carbocycles. The monoisotopic (exact) mass is 659 g/mol. The molecule has 46 heavy (non-hydrogen) atoms. The molecule has 4 aromatic carbocycles. The first-order valence-electron chi connectivity index (χ1n) is 15.5. The van der Waals surface area contributed by atoms with Crippen LogP contribution in [0.5, 0.6) is 0 Å². The van der Waals surface area contributed by atoms with Crippen molar-refractivity contribution in [3.8, 4) is 0 Å². The van der Waals surface area contributed by atoms with E-state index < -0.39 is 28.5 Å². The van der Waals surface area contributed by atoms with Gasteiger partial charge in [-0.1, -0.05) is 109 Å². The average molecular weight is 660 g/mol. The number of halogens is 1. The molecule has 0 aromatic heterocycles. The Balaban J connectivity index is 1.81. The van der Waals surface area contributed by atoms with Gasteiger partial charge in [0.05, 0.1) is 10.6 Å². The topological polar surface area (TPSA) is 86.8 Å². The predicted molar refractivity (Wildman–Crippen MR) is 185 cm³/mol. The molecule has 0 spiro atoms. The molecular weight excluding hydrogens is 618 g/mol. The van der Waals surface area contributed by atoms with Gasteiger partial charge >= 0.3 is 0 Å². The highest BCUT2D eigenvalue weighted by Gasteiger charge is 2.35. The van der Waals surface area contributed by atoms with E-state index in [2.05, 4.69) is 5.32 Å². The van der Waals surface area contributed by atoms with Crippen LogP contribution in [-0.2, 0) is 32.6 Å². The SMILES string of the molecule is CCCCNC(=O)[C@@H](Cc1ccccc1)N(Cc1ccc(C)cc1)C(=O)CN(c1cc(Cl)ccc1C)S(=O)(=O)c1ccc(C)cc1. The van der Waals surface area contributed by atoms with E-state index in [1.165, 1.54) is 17.0 Å². The smallest absolute Gasteiger partial charge is 0.264 e. The molecule has 0 bridgehead atoms. The lowest BCUT2D eigenvalue weighted by Gasteiger charge is -2.34. The van der Waals surface area contributed by atoms with Crippen molar-refractivity contribution in [2.75, 3.05) is 17.4 Å². The Morgan fingerprint density at radius 1 is 0.826 bits per heavy atom. The molecule has 0 radical (unpaired) electrons. The zero-order valence-corrected chi connectivity index (χ0v) is 28.4. The van der Waals surface area contributed by atoms with Gasteiger partial charge in [-0.15, -0.1) is 0 Å². The van der Waals surface area contributed by atoms with E-state index in [4.69, 9.17) is 11.6 Å². The van der Waals surface area contributed by atoms with Gasteiger partial charge in [0.15, 0.2) is 0 Å². The Labute approximate surface area is 278 Å². The molecule has 4 aromatic rings. The van der Waals surface area contributed by atoms with Crippen LogP contribution in [-0.4, -0.2) is 44.3 Å². The highest BCUT2D eigenvalue weighted by molar-refractivity contribution is 7.92. The fourth-order valence-electron chi connectivity index (χ4n) is 5.15. The van der Waals surface area contributed by atoms with Crippen molar-refractivity contribution < 1.29 is 18.0 Å². The van der Waals surface area contributed by atoms with Crippen LogP contribution in [0, 0.1) is 20.8 Å². The van der Waals surface area contributed by atoms with Crippen molar-refractivity contribution >= 4 is 39.1 Å². The summed E-state index contributed by atoms with van der Waals surface area (Å²) in [6.45, 7) is 7.73. The molecule has 1 atom stereocenters. The third kappa shape index (κ3) is 8.98. The molecule has 0 fully saturated rings. The van der Waals surface area contributed by atoms with Gasteiger partial charge in [-0.25, -0.2) is 8.42 Å². The maximum absolute atomic E-state index is 14.6. The first-order chi connectivity index (χ1) is 22.0. The number of nitrogens with zero attached hydrogens (tertiary/aromatic N) is 2. The standard InChI is InChI=1S/C37H42ClN3O4S/c1-5-6-22-39-37(43)35(23-30-10-8-7-9-11-30)40(25-31-17-12-27(2)13-18-31)36(42)26-41(34-24-32(38)19-16-29(34)4)46(44,45)33-20-14-28(3)15-21-33/h7-21,24,35H,5-6,22-23,25-26H2,1-4H3,(H,39,43)/t35-/m1/s1. The number of nitrogens with one attached hydrogen (secondary N) is 1. The van der Waals surface area contributed by atoms with Crippen molar-refractivity contribution in [1.82, 2.24) is 10.2 Å². The van der Waals surface area contributed by atoms with Crippen LogP contribution in [0.25, 0.3) is 0 Å². The Morgan fingerprint density at radius 2 is 1.46 bits per heavy atom. The number of benzene rings is 4. The molecule has 0 heterocycles. The van der Waals surface area contributed by atoms with E-state index in [0.29, 0.717) is 22.8 Å². The Hall–Kier alpha value is -4.14. The van der Waals surface area contributed by atoms with Gasteiger partial charge in [0, 0.05) is 24.5 Å². The number of hydrogen-bond acceptors (Lipinski definition) is 4. The van der Waals surface area contributed by atoms with Gasteiger partial charge in [-0.3, -0.25) is 13.9 Å². The molecule has 0 aliphatic heterocycles. The zero-order chi connectivity index (χ0) is 33.3. The van der Waals surface area contributed by atoms with Gasteiger partial charge in [-0.05, 0) is 68.1 Å².